The summed E-state index contributed by atoms with van der Waals surface area (Å²) in [6.45, 7) is 0. The number of rotatable bonds is 6. The van der Waals surface area contributed by atoms with Crippen molar-refractivity contribution < 1.29 is 4.42 Å². The third kappa shape index (κ3) is 4.78. The molecule has 0 atom stereocenters. The van der Waals surface area contributed by atoms with E-state index in [9.17, 15) is 4.79 Å². The first-order valence-electron chi connectivity index (χ1n) is 14.4. The van der Waals surface area contributed by atoms with Gasteiger partial charge in [0.2, 0.25) is 5.95 Å². The van der Waals surface area contributed by atoms with Crippen molar-refractivity contribution in [2.24, 2.45) is 0 Å². The first-order valence-corrected chi connectivity index (χ1v) is 14.4. The van der Waals surface area contributed by atoms with Gasteiger partial charge in [-0.3, -0.25) is 14.3 Å². The molecule has 0 amide bonds. The summed E-state index contributed by atoms with van der Waals surface area (Å²) in [5.41, 5.74) is 4.92. The largest absolute Gasteiger partial charge is 0.443 e. The summed E-state index contributed by atoms with van der Waals surface area (Å²) in [4.78, 5) is 32.0. The number of hydrogen-bond acceptors (Lipinski definition) is 7. The smallest absolute Gasteiger partial charge is 0.261 e. The predicted octanol–water partition coefficient (Wildman–Crippen LogP) is 7.41. The van der Waals surface area contributed by atoms with Gasteiger partial charge in [0, 0.05) is 35.1 Å². The first-order chi connectivity index (χ1) is 19.7. The molecule has 0 bridgehead atoms. The number of fused-ring (bicyclic) bond motifs is 1. The highest BCUT2D eigenvalue weighted by atomic mass is 16.3. The van der Waals surface area contributed by atoms with Gasteiger partial charge in [0.1, 0.15) is 5.65 Å². The van der Waals surface area contributed by atoms with Crippen LogP contribution in [0, 0.1) is 0 Å². The van der Waals surface area contributed by atoms with Gasteiger partial charge >= 0.3 is 0 Å². The maximum Gasteiger partial charge on any atom is 0.261 e. The predicted molar refractivity (Wildman–Crippen MR) is 156 cm³/mol. The van der Waals surface area contributed by atoms with Crippen molar-refractivity contribution in [1.82, 2.24) is 24.5 Å². The van der Waals surface area contributed by atoms with E-state index >= 15 is 0 Å². The van der Waals surface area contributed by atoms with Gasteiger partial charge in [-0.2, -0.15) is 4.98 Å². The van der Waals surface area contributed by atoms with Crippen LogP contribution in [0.1, 0.15) is 75.3 Å². The molecule has 4 heterocycles. The Bertz CT molecular complexity index is 1660. The lowest BCUT2D eigenvalue weighted by Gasteiger charge is -2.22. The number of aromatic nitrogens is 5. The number of pyridine rings is 2. The Morgan fingerprint density at radius 2 is 1.65 bits per heavy atom. The van der Waals surface area contributed by atoms with Crippen molar-refractivity contribution in [3.8, 4) is 22.6 Å². The Kier molecular flexibility index (Phi) is 6.59. The number of hydrogen-bond donors (Lipinski definition) is 1. The van der Waals surface area contributed by atoms with E-state index in [-0.39, 0.29) is 11.6 Å². The maximum absolute atomic E-state index is 14.0. The average Bonchev–Trinajstić information content (AvgIpc) is 3.74. The van der Waals surface area contributed by atoms with E-state index in [0.29, 0.717) is 34.5 Å². The van der Waals surface area contributed by atoms with Gasteiger partial charge in [-0.25, -0.2) is 9.97 Å². The molecular weight excluding hydrogens is 500 g/mol. The van der Waals surface area contributed by atoms with Crippen LogP contribution < -0.4 is 10.9 Å². The zero-order chi connectivity index (χ0) is 26.9. The van der Waals surface area contributed by atoms with Crippen LogP contribution in [0.25, 0.3) is 33.6 Å². The van der Waals surface area contributed by atoms with Crippen molar-refractivity contribution in [1.29, 1.82) is 0 Å². The fourth-order valence-corrected chi connectivity index (χ4v) is 6.33. The number of nitrogens with one attached hydrogen (secondary N) is 1. The molecular formula is C32H32N6O2. The highest BCUT2D eigenvalue weighted by Crippen LogP contribution is 2.34. The van der Waals surface area contributed by atoms with E-state index < -0.39 is 0 Å². The Morgan fingerprint density at radius 1 is 0.850 bits per heavy atom. The molecule has 1 aromatic carbocycles. The third-order valence-electron chi connectivity index (χ3n) is 8.46. The average molecular weight is 533 g/mol. The van der Waals surface area contributed by atoms with Crippen LogP contribution in [-0.4, -0.2) is 24.5 Å². The van der Waals surface area contributed by atoms with Crippen molar-refractivity contribution >= 4 is 22.7 Å². The molecule has 7 rings (SSSR count). The molecule has 2 saturated carbocycles. The number of nitrogens with zero attached hydrogens (tertiary/aromatic N) is 5. The molecule has 1 N–H and O–H groups in total. The van der Waals surface area contributed by atoms with Crippen LogP contribution in [0.4, 0.5) is 11.6 Å². The molecule has 4 aromatic heterocycles. The highest BCUT2D eigenvalue weighted by Gasteiger charge is 2.24. The lowest BCUT2D eigenvalue weighted by molar-refractivity contribution is 0.443. The molecule has 8 heteroatoms. The van der Waals surface area contributed by atoms with E-state index in [1.807, 2.05) is 22.8 Å². The maximum atomic E-state index is 14.0. The van der Waals surface area contributed by atoms with Crippen LogP contribution in [0.15, 0.2) is 76.7 Å². The van der Waals surface area contributed by atoms with Crippen molar-refractivity contribution in [2.75, 3.05) is 5.32 Å². The first kappa shape index (κ1) is 24.7. The van der Waals surface area contributed by atoms with Gasteiger partial charge in [0.15, 0.2) is 12.2 Å². The summed E-state index contributed by atoms with van der Waals surface area (Å²) in [7, 11) is 0. The molecule has 40 heavy (non-hydrogen) atoms. The normalized spacial score (nSPS) is 16.5. The molecule has 8 nitrogen and oxygen atoms in total. The van der Waals surface area contributed by atoms with Gasteiger partial charge in [-0.1, -0.05) is 44.2 Å². The van der Waals surface area contributed by atoms with Crippen LogP contribution in [0.3, 0.4) is 0 Å². The van der Waals surface area contributed by atoms with E-state index in [0.717, 1.165) is 42.3 Å². The molecule has 2 fully saturated rings. The Hall–Kier alpha value is -4.33. The van der Waals surface area contributed by atoms with Gasteiger partial charge in [-0.15, -0.1) is 0 Å². The van der Waals surface area contributed by atoms with Gasteiger partial charge < -0.3 is 9.73 Å². The quantitative estimate of drug-likeness (QED) is 0.243. The standard InChI is InChI=1S/C32H32N6O2/c39-31-27(28-15-12-23(17-34-28)29-19-33-20-40-29)16-24-18-35-32(37-30(24)38(31)26-8-4-5-9-26)36-25-13-10-22(11-14-25)21-6-2-1-3-7-21/h10-21,26H,1-9H2,(H,35,36,37). The summed E-state index contributed by atoms with van der Waals surface area (Å²) in [6, 6.07) is 14.4. The lowest BCUT2D eigenvalue weighted by Crippen LogP contribution is -2.26. The minimum absolute atomic E-state index is 0.0687. The van der Waals surface area contributed by atoms with Gasteiger partial charge in [-0.05, 0) is 67.5 Å². The SMILES string of the molecule is O=c1c(-c2ccc(-c3cnco3)cn2)cc2cnc(Nc3ccc(C4CCCCC4)cc3)nc2n1C1CCCC1. The minimum Gasteiger partial charge on any atom is -0.443 e. The molecule has 202 valence electrons. The molecule has 2 aliphatic rings. The number of oxazole rings is 1. The second-order valence-electron chi connectivity index (χ2n) is 11.0. The van der Waals surface area contributed by atoms with Crippen molar-refractivity contribution in [2.45, 2.75) is 69.7 Å². The third-order valence-corrected chi connectivity index (χ3v) is 8.46. The van der Waals surface area contributed by atoms with Gasteiger partial charge in [0.05, 0.1) is 17.5 Å². The van der Waals surface area contributed by atoms with Crippen LogP contribution in [-0.2, 0) is 0 Å². The molecule has 0 radical (unpaired) electrons. The molecule has 0 saturated heterocycles. The summed E-state index contributed by atoms with van der Waals surface area (Å²) < 4.78 is 7.26. The van der Waals surface area contributed by atoms with Crippen molar-refractivity contribution in [3.63, 3.8) is 0 Å². The van der Waals surface area contributed by atoms with E-state index in [1.54, 1.807) is 18.6 Å². The Labute approximate surface area is 232 Å². The highest BCUT2D eigenvalue weighted by molar-refractivity contribution is 5.81. The topological polar surface area (TPSA) is 98.7 Å². The molecule has 0 unspecified atom stereocenters. The van der Waals surface area contributed by atoms with Crippen LogP contribution in [0.5, 0.6) is 0 Å². The van der Waals surface area contributed by atoms with Gasteiger partial charge in [0.25, 0.3) is 5.56 Å². The Morgan fingerprint density at radius 3 is 2.38 bits per heavy atom. The molecule has 5 aromatic rings. The number of benzene rings is 1. The summed E-state index contributed by atoms with van der Waals surface area (Å²) in [6.07, 6.45) is 17.3. The zero-order valence-corrected chi connectivity index (χ0v) is 22.4. The second kappa shape index (κ2) is 10.7. The van der Waals surface area contributed by atoms with Crippen LogP contribution >= 0.6 is 0 Å². The van der Waals surface area contributed by atoms with Crippen molar-refractivity contribution in [3.05, 3.63) is 83.4 Å². The molecule has 2 aliphatic carbocycles. The summed E-state index contributed by atoms with van der Waals surface area (Å²) >= 11 is 0. The van der Waals surface area contributed by atoms with E-state index in [4.69, 9.17) is 9.40 Å². The zero-order valence-electron chi connectivity index (χ0n) is 22.4. The summed E-state index contributed by atoms with van der Waals surface area (Å²) in [5, 5.41) is 4.19. The molecule has 0 aliphatic heterocycles. The molecule has 0 spiro atoms. The fraction of sp³-hybridized carbons (Fsp3) is 0.344. The Balaban J connectivity index is 1.23. The van der Waals surface area contributed by atoms with E-state index in [1.165, 1.54) is 44.1 Å². The fourth-order valence-electron chi connectivity index (χ4n) is 6.33. The monoisotopic (exact) mass is 532 g/mol. The number of anilines is 2. The second-order valence-corrected chi connectivity index (χ2v) is 11.0. The minimum atomic E-state index is -0.0687. The summed E-state index contributed by atoms with van der Waals surface area (Å²) in [5.74, 6) is 1.80. The van der Waals surface area contributed by atoms with Crippen LogP contribution in [0.2, 0.25) is 0 Å². The van der Waals surface area contributed by atoms with E-state index in [2.05, 4.69) is 44.5 Å². The lowest BCUT2D eigenvalue weighted by atomic mass is 9.84.